The molecule has 0 aromatic carbocycles. The van der Waals surface area contributed by atoms with Gasteiger partial charge in [-0.2, -0.15) is 5.26 Å². The van der Waals surface area contributed by atoms with E-state index in [9.17, 15) is 9.18 Å². The summed E-state index contributed by atoms with van der Waals surface area (Å²) in [6, 6.07) is 3.13. The van der Waals surface area contributed by atoms with Gasteiger partial charge in [0.25, 0.3) is 0 Å². The molecule has 0 fully saturated rings. The van der Waals surface area contributed by atoms with Gasteiger partial charge in [0.15, 0.2) is 17.5 Å². The standard InChI is InChI=1S/C19H19FN6O2/c1-19(2,3)14(5-15(27)28)25-18-13(20)9-24-17(26-18)12-8-23-16-11(12)4-10(6-21)7-22-16/h4,7-9,14H,5H2,1-3H3,(H,22,23)(H,27,28)(H,24,25,26). The first-order chi connectivity index (χ1) is 13.2. The molecule has 9 heteroatoms. The monoisotopic (exact) mass is 382 g/mol. The number of halogens is 1. The second-order valence-electron chi connectivity index (χ2n) is 7.49. The molecule has 0 radical (unpaired) electrons. The van der Waals surface area contributed by atoms with Crippen molar-refractivity contribution >= 4 is 22.8 Å². The Labute approximate surface area is 160 Å². The van der Waals surface area contributed by atoms with Gasteiger partial charge in [-0.25, -0.2) is 19.3 Å². The summed E-state index contributed by atoms with van der Waals surface area (Å²) in [7, 11) is 0. The highest BCUT2D eigenvalue weighted by Gasteiger charge is 2.28. The zero-order valence-electron chi connectivity index (χ0n) is 15.6. The number of aliphatic carboxylic acids is 1. The number of aromatic amines is 1. The Morgan fingerprint density at radius 1 is 1.39 bits per heavy atom. The molecule has 0 aliphatic rings. The van der Waals surface area contributed by atoms with E-state index in [-0.39, 0.29) is 18.1 Å². The minimum absolute atomic E-state index is 0.0788. The molecular formula is C19H19FN6O2. The SMILES string of the molecule is CC(C)(C)C(CC(=O)O)Nc1nc(-c2c[nH]c3ncc(C#N)cc23)ncc1F. The van der Waals surface area contributed by atoms with Crippen LogP contribution in [0.3, 0.4) is 0 Å². The van der Waals surface area contributed by atoms with E-state index < -0.39 is 23.2 Å². The molecule has 28 heavy (non-hydrogen) atoms. The summed E-state index contributed by atoms with van der Waals surface area (Å²) in [4.78, 5) is 26.6. The maximum absolute atomic E-state index is 14.3. The molecule has 0 bridgehead atoms. The molecule has 3 aromatic heterocycles. The maximum atomic E-state index is 14.3. The number of carbonyl (C=O) groups is 1. The van der Waals surface area contributed by atoms with Gasteiger partial charge in [-0.15, -0.1) is 0 Å². The number of aromatic nitrogens is 4. The van der Waals surface area contributed by atoms with Crippen LogP contribution in [0.2, 0.25) is 0 Å². The van der Waals surface area contributed by atoms with E-state index in [4.69, 9.17) is 10.4 Å². The summed E-state index contributed by atoms with van der Waals surface area (Å²) < 4.78 is 14.3. The molecule has 0 saturated heterocycles. The maximum Gasteiger partial charge on any atom is 0.305 e. The average Bonchev–Trinajstić information content (AvgIpc) is 3.04. The molecule has 144 valence electrons. The highest BCUT2D eigenvalue weighted by molar-refractivity contribution is 5.92. The lowest BCUT2D eigenvalue weighted by Crippen LogP contribution is -2.36. The summed E-state index contributed by atoms with van der Waals surface area (Å²) in [5.41, 5.74) is 1.05. The van der Waals surface area contributed by atoms with E-state index in [2.05, 4.69) is 25.3 Å². The molecule has 3 N–H and O–H groups in total. The fourth-order valence-electron chi connectivity index (χ4n) is 2.76. The van der Waals surface area contributed by atoms with Gasteiger partial charge in [0.1, 0.15) is 11.7 Å². The Morgan fingerprint density at radius 3 is 2.79 bits per heavy atom. The Bertz CT molecular complexity index is 1080. The number of nitrogens with one attached hydrogen (secondary N) is 2. The quantitative estimate of drug-likeness (QED) is 0.617. The van der Waals surface area contributed by atoms with E-state index in [1.165, 1.54) is 6.20 Å². The molecule has 8 nitrogen and oxygen atoms in total. The van der Waals surface area contributed by atoms with Crippen molar-refractivity contribution in [3.05, 3.63) is 36.0 Å². The number of H-pyrrole nitrogens is 1. The molecule has 0 aliphatic carbocycles. The van der Waals surface area contributed by atoms with Crippen molar-refractivity contribution in [1.82, 2.24) is 19.9 Å². The van der Waals surface area contributed by atoms with Crippen molar-refractivity contribution in [2.45, 2.75) is 33.2 Å². The summed E-state index contributed by atoms with van der Waals surface area (Å²) in [6.07, 6.45) is 3.92. The first-order valence-electron chi connectivity index (χ1n) is 8.57. The number of nitrogens with zero attached hydrogens (tertiary/aromatic N) is 4. The second kappa shape index (κ2) is 7.23. The highest BCUT2D eigenvalue weighted by Crippen LogP contribution is 2.29. The minimum atomic E-state index is -0.992. The van der Waals surface area contributed by atoms with Gasteiger partial charge in [0.05, 0.1) is 18.2 Å². The molecule has 0 spiro atoms. The van der Waals surface area contributed by atoms with Gasteiger partial charge in [-0.05, 0) is 11.5 Å². The number of pyridine rings is 1. The lowest BCUT2D eigenvalue weighted by molar-refractivity contribution is -0.137. The Hall–Kier alpha value is -3.54. The van der Waals surface area contributed by atoms with Gasteiger partial charge in [-0.1, -0.05) is 20.8 Å². The molecule has 3 aromatic rings. The number of fused-ring (bicyclic) bond motifs is 1. The second-order valence-corrected chi connectivity index (χ2v) is 7.49. The van der Waals surface area contributed by atoms with Crippen molar-refractivity contribution in [2.75, 3.05) is 5.32 Å². The van der Waals surface area contributed by atoms with Gasteiger partial charge in [0.2, 0.25) is 0 Å². The highest BCUT2D eigenvalue weighted by atomic mass is 19.1. The lowest BCUT2D eigenvalue weighted by Gasteiger charge is -2.30. The molecular weight excluding hydrogens is 363 g/mol. The van der Waals surface area contributed by atoms with Crippen LogP contribution >= 0.6 is 0 Å². The molecule has 1 unspecified atom stereocenters. The van der Waals surface area contributed by atoms with Crippen LogP contribution in [0.1, 0.15) is 32.8 Å². The van der Waals surface area contributed by atoms with Crippen molar-refractivity contribution in [3.8, 4) is 17.5 Å². The van der Waals surface area contributed by atoms with Crippen LogP contribution in [0.4, 0.5) is 10.2 Å². The first kappa shape index (κ1) is 19.2. The van der Waals surface area contributed by atoms with Crippen molar-refractivity contribution in [1.29, 1.82) is 5.26 Å². The van der Waals surface area contributed by atoms with Gasteiger partial charge < -0.3 is 15.4 Å². The summed E-state index contributed by atoms with van der Waals surface area (Å²) in [5.74, 6) is -1.52. The number of carboxylic acids is 1. The number of rotatable bonds is 5. The Kier molecular flexibility index (Phi) is 4.96. The van der Waals surface area contributed by atoms with Crippen LogP contribution in [0.25, 0.3) is 22.4 Å². The minimum Gasteiger partial charge on any atom is -0.481 e. The van der Waals surface area contributed by atoms with Crippen molar-refractivity contribution in [2.24, 2.45) is 5.41 Å². The summed E-state index contributed by atoms with van der Waals surface area (Å²) >= 11 is 0. The third-order valence-electron chi connectivity index (χ3n) is 4.38. The molecule has 3 heterocycles. The largest absolute Gasteiger partial charge is 0.481 e. The number of anilines is 1. The van der Waals surface area contributed by atoms with Crippen LogP contribution in [0.15, 0.2) is 24.7 Å². The third kappa shape index (κ3) is 3.91. The normalized spacial score (nSPS) is 12.5. The number of carboxylic acid groups (broad SMARTS) is 1. The zero-order chi connectivity index (χ0) is 20.5. The predicted molar refractivity (Wildman–Crippen MR) is 101 cm³/mol. The van der Waals surface area contributed by atoms with Crippen LogP contribution in [0.5, 0.6) is 0 Å². The zero-order valence-corrected chi connectivity index (χ0v) is 15.6. The predicted octanol–water partition coefficient (Wildman–Crippen LogP) is 3.33. The first-order valence-corrected chi connectivity index (χ1v) is 8.57. The topological polar surface area (TPSA) is 128 Å². The number of hydrogen-bond acceptors (Lipinski definition) is 6. The number of hydrogen-bond donors (Lipinski definition) is 3. The van der Waals surface area contributed by atoms with Crippen LogP contribution < -0.4 is 5.32 Å². The third-order valence-corrected chi connectivity index (χ3v) is 4.38. The summed E-state index contributed by atoms with van der Waals surface area (Å²) in [6.45, 7) is 5.59. The van der Waals surface area contributed by atoms with E-state index in [1.807, 2.05) is 26.8 Å². The smallest absolute Gasteiger partial charge is 0.305 e. The van der Waals surface area contributed by atoms with Crippen LogP contribution in [-0.4, -0.2) is 37.1 Å². The van der Waals surface area contributed by atoms with Crippen molar-refractivity contribution < 1.29 is 14.3 Å². The Morgan fingerprint density at radius 2 is 2.14 bits per heavy atom. The molecule has 1 atom stereocenters. The molecule has 3 rings (SSSR count). The number of nitriles is 1. The molecule has 0 saturated carbocycles. The van der Waals surface area contributed by atoms with E-state index in [0.29, 0.717) is 22.2 Å². The van der Waals surface area contributed by atoms with E-state index >= 15 is 0 Å². The van der Waals surface area contributed by atoms with E-state index in [1.54, 1.807) is 12.3 Å². The fraction of sp³-hybridized carbons (Fsp3) is 0.316. The van der Waals surface area contributed by atoms with Crippen molar-refractivity contribution in [3.63, 3.8) is 0 Å². The van der Waals surface area contributed by atoms with Gasteiger partial charge in [-0.3, -0.25) is 4.79 Å². The van der Waals surface area contributed by atoms with E-state index in [0.717, 1.165) is 6.20 Å². The fourth-order valence-corrected chi connectivity index (χ4v) is 2.76. The molecule has 0 aliphatic heterocycles. The van der Waals surface area contributed by atoms with Crippen LogP contribution in [0, 0.1) is 22.6 Å². The van der Waals surface area contributed by atoms with Gasteiger partial charge >= 0.3 is 5.97 Å². The lowest BCUT2D eigenvalue weighted by atomic mass is 9.85. The van der Waals surface area contributed by atoms with Gasteiger partial charge in [0, 0.05) is 29.4 Å². The van der Waals surface area contributed by atoms with Crippen LogP contribution in [-0.2, 0) is 4.79 Å². The Balaban J connectivity index is 2.02. The molecule has 0 amide bonds. The average molecular weight is 382 g/mol. The summed E-state index contributed by atoms with van der Waals surface area (Å²) in [5, 5.41) is 21.8.